The van der Waals surface area contributed by atoms with Gasteiger partial charge in [-0.05, 0) is 97.5 Å². The molecular weight excluding hydrogens is 422 g/mol. The molecule has 6 rings (SSSR count). The van der Waals surface area contributed by atoms with Crippen LogP contribution in [0, 0.1) is 10.8 Å². The van der Waals surface area contributed by atoms with E-state index in [1.54, 1.807) is 0 Å². The lowest BCUT2D eigenvalue weighted by Gasteiger charge is -2.28. The van der Waals surface area contributed by atoms with Crippen molar-refractivity contribution in [3.8, 4) is 11.3 Å². The van der Waals surface area contributed by atoms with Gasteiger partial charge in [0.15, 0.2) is 0 Å². The third kappa shape index (κ3) is 3.82. The molecule has 1 aliphatic rings. The minimum atomic E-state index is 0.0561. The maximum Gasteiger partial charge on any atom is 0.0840 e. The third-order valence-electron chi connectivity index (χ3n) is 7.27. The lowest BCUT2D eigenvalue weighted by Crippen LogP contribution is -2.14. The van der Waals surface area contributed by atoms with Gasteiger partial charge in [-0.3, -0.25) is 4.98 Å². The van der Waals surface area contributed by atoms with Gasteiger partial charge in [0, 0.05) is 17.1 Å². The first-order valence-corrected chi connectivity index (χ1v) is 12.8. The number of rotatable bonds is 2. The maximum atomic E-state index is 8.94. The quantitative estimate of drug-likeness (QED) is 0.235. The first kappa shape index (κ1) is 20.0. The molecule has 0 unspecified atom stereocenters. The number of hydrogen-bond donors (Lipinski definition) is 0. The Morgan fingerprint density at radius 3 is 2.31 bits per heavy atom. The highest BCUT2D eigenvalue weighted by molar-refractivity contribution is 6.15. The summed E-state index contributed by atoms with van der Waals surface area (Å²) in [5, 5.41) is 6.76. The molecule has 0 atom stereocenters. The van der Waals surface area contributed by atoms with Crippen LogP contribution in [0.25, 0.3) is 43.6 Å². The van der Waals surface area contributed by atoms with Crippen LogP contribution in [0.2, 0.25) is 0 Å². The van der Waals surface area contributed by atoms with Crippen LogP contribution >= 0.6 is 0 Å². The van der Waals surface area contributed by atoms with E-state index in [0.717, 1.165) is 46.7 Å². The van der Waals surface area contributed by atoms with E-state index in [1.807, 2.05) is 0 Å². The molecule has 0 fully saturated rings. The zero-order valence-corrected chi connectivity index (χ0v) is 21.8. The summed E-state index contributed by atoms with van der Waals surface area (Å²) in [5.74, 6) is 0. The zero-order chi connectivity index (χ0) is 26.3. The Morgan fingerprint density at radius 2 is 1.54 bits per heavy atom. The van der Waals surface area contributed by atoms with Crippen molar-refractivity contribution in [2.24, 2.45) is 10.8 Å². The van der Waals surface area contributed by atoms with Gasteiger partial charge in [-0.2, -0.15) is 0 Å². The van der Waals surface area contributed by atoms with E-state index < -0.39 is 0 Å². The molecule has 0 saturated heterocycles. The van der Waals surface area contributed by atoms with E-state index >= 15 is 0 Å². The Hall–Kier alpha value is -3.19. The first-order chi connectivity index (χ1) is 17.4. The number of fused-ring (bicyclic) bond motifs is 5. The SMILES string of the molecule is [2H]c1nc2c3c(cc4c(CC(C)(C)C)cccc4c3c1[2H])Cc1c-2cc2ccccc2c1CC(C)(C)C. The topological polar surface area (TPSA) is 12.9 Å². The smallest absolute Gasteiger partial charge is 0.0840 e. The molecule has 0 radical (unpaired) electrons. The largest absolute Gasteiger partial charge is 0.256 e. The second kappa shape index (κ2) is 7.65. The molecule has 4 aromatic carbocycles. The summed E-state index contributed by atoms with van der Waals surface area (Å²) in [4.78, 5) is 4.79. The van der Waals surface area contributed by atoms with Crippen molar-refractivity contribution in [3.63, 3.8) is 0 Å². The van der Waals surface area contributed by atoms with Gasteiger partial charge in [-0.25, -0.2) is 0 Å². The van der Waals surface area contributed by atoms with Crippen molar-refractivity contribution in [2.75, 3.05) is 0 Å². The van der Waals surface area contributed by atoms with Gasteiger partial charge in [-0.1, -0.05) is 84.0 Å². The van der Waals surface area contributed by atoms with Crippen molar-refractivity contribution in [3.05, 3.63) is 89.1 Å². The number of hydrogen-bond acceptors (Lipinski definition) is 1. The fourth-order valence-electron chi connectivity index (χ4n) is 6.00. The molecule has 0 spiro atoms. The minimum Gasteiger partial charge on any atom is -0.256 e. The molecule has 0 aliphatic heterocycles. The first-order valence-electron chi connectivity index (χ1n) is 13.8. The predicted molar refractivity (Wildman–Crippen MR) is 151 cm³/mol. The lowest BCUT2D eigenvalue weighted by molar-refractivity contribution is 0.411. The molecule has 1 nitrogen and oxygen atoms in total. The monoisotopic (exact) mass is 459 g/mol. The second-order valence-electron chi connectivity index (χ2n) is 12.7. The number of nitrogens with zero attached hydrogens (tertiary/aromatic N) is 1. The molecule has 35 heavy (non-hydrogen) atoms. The summed E-state index contributed by atoms with van der Waals surface area (Å²) in [6.45, 7) is 13.7. The molecule has 1 heteroatoms. The zero-order valence-electron chi connectivity index (χ0n) is 23.8. The molecule has 0 bridgehead atoms. The van der Waals surface area contributed by atoms with Gasteiger partial charge in [-0.15, -0.1) is 0 Å². The molecule has 1 aliphatic carbocycles. The number of aromatic nitrogens is 1. The van der Waals surface area contributed by atoms with Gasteiger partial charge < -0.3 is 0 Å². The van der Waals surface area contributed by atoms with Crippen LogP contribution in [0.1, 0.15) is 66.5 Å². The molecule has 0 N–H and O–H groups in total. The van der Waals surface area contributed by atoms with Crippen LogP contribution in [0.15, 0.2) is 66.8 Å². The van der Waals surface area contributed by atoms with Gasteiger partial charge in [0.25, 0.3) is 0 Å². The summed E-state index contributed by atoms with van der Waals surface area (Å²) in [5.41, 5.74) is 7.57. The third-order valence-corrected chi connectivity index (χ3v) is 7.27. The second-order valence-corrected chi connectivity index (χ2v) is 12.7. The maximum absolute atomic E-state index is 8.94. The minimum absolute atomic E-state index is 0.0561. The molecular formula is C34H35N. The van der Waals surface area contributed by atoms with Crippen molar-refractivity contribution < 1.29 is 2.74 Å². The normalized spacial score (nSPS) is 14.3. The van der Waals surface area contributed by atoms with Crippen LogP contribution in [0.5, 0.6) is 0 Å². The van der Waals surface area contributed by atoms with Crippen molar-refractivity contribution in [2.45, 2.75) is 60.8 Å². The van der Waals surface area contributed by atoms with E-state index in [1.165, 1.54) is 38.4 Å². The van der Waals surface area contributed by atoms with Gasteiger partial charge in [0.2, 0.25) is 0 Å². The molecule has 0 amide bonds. The van der Waals surface area contributed by atoms with E-state index in [4.69, 9.17) is 7.73 Å². The number of benzene rings is 4. The van der Waals surface area contributed by atoms with Crippen LogP contribution in [0.4, 0.5) is 0 Å². The Morgan fingerprint density at radius 1 is 0.800 bits per heavy atom. The average Bonchev–Trinajstić information content (AvgIpc) is 2.80. The van der Waals surface area contributed by atoms with Crippen molar-refractivity contribution in [1.82, 2.24) is 4.98 Å². The highest BCUT2D eigenvalue weighted by atomic mass is 14.7. The summed E-state index contributed by atoms with van der Waals surface area (Å²) in [6.07, 6.45) is 2.82. The summed E-state index contributed by atoms with van der Waals surface area (Å²) < 4.78 is 17.7. The fourth-order valence-corrected chi connectivity index (χ4v) is 6.00. The Kier molecular flexibility index (Phi) is 4.38. The molecule has 176 valence electrons. The Labute approximate surface area is 212 Å². The van der Waals surface area contributed by atoms with Crippen molar-refractivity contribution >= 4 is 32.3 Å². The highest BCUT2D eigenvalue weighted by Gasteiger charge is 2.27. The summed E-state index contributed by atoms with van der Waals surface area (Å²) >= 11 is 0. The molecule has 1 heterocycles. The summed E-state index contributed by atoms with van der Waals surface area (Å²) in [7, 11) is 0. The molecule has 5 aromatic rings. The van der Waals surface area contributed by atoms with E-state index in [2.05, 4.69) is 96.1 Å². The highest BCUT2D eigenvalue weighted by Crippen LogP contribution is 2.45. The van der Waals surface area contributed by atoms with E-state index in [-0.39, 0.29) is 23.0 Å². The van der Waals surface area contributed by atoms with Gasteiger partial charge >= 0.3 is 0 Å². The standard InChI is InChI=1S/C34H35N/c1-33(2,3)19-22-11-9-13-25-26-14-15-35-32-29-16-21-10-7-8-12-24(21)30(20-34(4,5)6)28(29)18-23(31(26)32)17-27(22)25/h7-17H,18-20H2,1-6H3/i14D,15D. The van der Waals surface area contributed by atoms with Crippen LogP contribution < -0.4 is 0 Å². The van der Waals surface area contributed by atoms with Crippen LogP contribution in [0.3, 0.4) is 0 Å². The lowest BCUT2D eigenvalue weighted by atomic mass is 9.76. The van der Waals surface area contributed by atoms with Gasteiger partial charge in [0.1, 0.15) is 0 Å². The average molecular weight is 460 g/mol. The Bertz CT molecular complexity index is 1730. The van der Waals surface area contributed by atoms with E-state index in [9.17, 15) is 0 Å². The Balaban J connectivity index is 1.75. The summed E-state index contributed by atoms with van der Waals surface area (Å²) in [6, 6.07) is 20.0. The van der Waals surface area contributed by atoms with Crippen LogP contribution in [-0.2, 0) is 19.3 Å². The van der Waals surface area contributed by atoms with Gasteiger partial charge in [0.05, 0.1) is 8.44 Å². The molecule has 0 saturated carbocycles. The number of pyridine rings is 1. The van der Waals surface area contributed by atoms with Crippen LogP contribution in [-0.4, -0.2) is 4.98 Å². The van der Waals surface area contributed by atoms with Crippen molar-refractivity contribution in [1.29, 1.82) is 0 Å². The fraction of sp³-hybridized carbons (Fsp3) is 0.324. The predicted octanol–water partition coefficient (Wildman–Crippen LogP) is 9.29. The molecule has 1 aromatic heterocycles. The van der Waals surface area contributed by atoms with E-state index in [0.29, 0.717) is 0 Å².